The molecule has 1 aromatic carbocycles. The summed E-state index contributed by atoms with van der Waals surface area (Å²) in [6, 6.07) is 3.87. The van der Waals surface area contributed by atoms with Crippen LogP contribution in [0.25, 0.3) is 10.9 Å². The average molecular weight is 256 g/mol. The molecule has 0 spiro atoms. The number of benzene rings is 1. The molecule has 5 heteroatoms. The Morgan fingerprint density at radius 2 is 1.81 bits per heavy atom. The molecule has 0 saturated heterocycles. The van der Waals surface area contributed by atoms with E-state index < -0.39 is 0 Å². The fourth-order valence-corrected chi connectivity index (χ4v) is 2.11. The van der Waals surface area contributed by atoms with Crippen LogP contribution in [0.15, 0.2) is 12.1 Å². The van der Waals surface area contributed by atoms with Gasteiger partial charge in [0, 0.05) is 19.5 Å². The second kappa shape index (κ2) is 4.07. The number of aryl methyl sites for hydroxylation is 1. The molecule has 0 atom stereocenters. The van der Waals surface area contributed by atoms with Crippen molar-refractivity contribution < 1.29 is 0 Å². The fraction of sp³-hybridized carbons (Fsp3) is 0.273. The van der Waals surface area contributed by atoms with E-state index >= 15 is 0 Å². The highest BCUT2D eigenvalue weighted by molar-refractivity contribution is 6.36. The molecule has 3 nitrogen and oxygen atoms in total. The maximum atomic E-state index is 6.14. The van der Waals surface area contributed by atoms with Gasteiger partial charge in [-0.3, -0.25) is 0 Å². The number of hydrogen-bond donors (Lipinski definition) is 0. The van der Waals surface area contributed by atoms with E-state index in [1.807, 2.05) is 38.1 Å². The van der Waals surface area contributed by atoms with Crippen molar-refractivity contribution in [3.8, 4) is 0 Å². The Morgan fingerprint density at radius 3 is 2.44 bits per heavy atom. The van der Waals surface area contributed by atoms with Crippen molar-refractivity contribution >= 4 is 39.9 Å². The van der Waals surface area contributed by atoms with E-state index in [1.165, 1.54) is 0 Å². The van der Waals surface area contributed by atoms with E-state index in [4.69, 9.17) is 23.2 Å². The second-order valence-electron chi connectivity index (χ2n) is 3.85. The minimum Gasteiger partial charge on any atom is -0.362 e. The van der Waals surface area contributed by atoms with Crippen molar-refractivity contribution in [1.29, 1.82) is 0 Å². The van der Waals surface area contributed by atoms with Crippen LogP contribution >= 0.6 is 23.2 Å². The van der Waals surface area contributed by atoms with Crippen LogP contribution in [0.2, 0.25) is 10.3 Å². The molecular formula is C11H11Cl2N3. The predicted octanol–water partition coefficient (Wildman–Crippen LogP) is 3.31. The smallest absolute Gasteiger partial charge is 0.224 e. The minimum absolute atomic E-state index is 0.210. The van der Waals surface area contributed by atoms with Gasteiger partial charge in [0.15, 0.2) is 0 Å². The summed E-state index contributed by atoms with van der Waals surface area (Å²) < 4.78 is 0. The number of anilines is 1. The first-order chi connectivity index (χ1) is 7.49. The highest BCUT2D eigenvalue weighted by Crippen LogP contribution is 2.30. The lowest BCUT2D eigenvalue weighted by Gasteiger charge is -2.14. The lowest BCUT2D eigenvalue weighted by Crippen LogP contribution is -2.12. The molecule has 0 aliphatic heterocycles. The molecule has 0 fully saturated rings. The number of fused-ring (bicyclic) bond motifs is 1. The van der Waals surface area contributed by atoms with Crippen LogP contribution in [0.4, 0.5) is 5.82 Å². The minimum atomic E-state index is 0.210. The number of hydrogen-bond acceptors (Lipinski definition) is 3. The molecule has 1 heterocycles. The SMILES string of the molecule is Cc1cc(Cl)c2nc(Cl)nc(N(C)C)c2c1. The third-order valence-corrected chi connectivity index (χ3v) is 2.73. The molecule has 0 aliphatic carbocycles. The van der Waals surface area contributed by atoms with Crippen LogP contribution in [0.1, 0.15) is 5.56 Å². The van der Waals surface area contributed by atoms with Crippen molar-refractivity contribution in [2.75, 3.05) is 19.0 Å². The normalized spacial score (nSPS) is 10.8. The van der Waals surface area contributed by atoms with Gasteiger partial charge in [0.2, 0.25) is 5.28 Å². The Kier molecular flexibility index (Phi) is 2.91. The van der Waals surface area contributed by atoms with Gasteiger partial charge < -0.3 is 4.90 Å². The molecule has 0 amide bonds. The summed E-state index contributed by atoms with van der Waals surface area (Å²) in [6.07, 6.45) is 0. The summed E-state index contributed by atoms with van der Waals surface area (Å²) in [5, 5.41) is 1.73. The number of aromatic nitrogens is 2. The first kappa shape index (κ1) is 11.4. The van der Waals surface area contributed by atoms with Crippen molar-refractivity contribution in [1.82, 2.24) is 9.97 Å². The Labute approximate surface area is 104 Å². The van der Waals surface area contributed by atoms with Crippen molar-refractivity contribution in [2.45, 2.75) is 6.92 Å². The first-order valence-corrected chi connectivity index (χ1v) is 5.55. The Hall–Kier alpha value is -1.06. The zero-order chi connectivity index (χ0) is 11.9. The van der Waals surface area contributed by atoms with Gasteiger partial charge in [-0.25, -0.2) is 4.98 Å². The summed E-state index contributed by atoms with van der Waals surface area (Å²) in [5.41, 5.74) is 1.77. The first-order valence-electron chi connectivity index (χ1n) is 4.80. The summed E-state index contributed by atoms with van der Waals surface area (Å²) >= 11 is 12.0. The van der Waals surface area contributed by atoms with E-state index in [0.29, 0.717) is 10.5 Å². The van der Waals surface area contributed by atoms with Gasteiger partial charge in [-0.2, -0.15) is 4.98 Å². The molecule has 0 saturated carbocycles. The van der Waals surface area contributed by atoms with Crippen molar-refractivity contribution in [2.24, 2.45) is 0 Å². The molecule has 0 bridgehead atoms. The van der Waals surface area contributed by atoms with Gasteiger partial charge in [0.25, 0.3) is 0 Å². The maximum Gasteiger partial charge on any atom is 0.224 e. The van der Waals surface area contributed by atoms with E-state index in [0.717, 1.165) is 16.8 Å². The predicted molar refractivity (Wildman–Crippen MR) is 68.6 cm³/mol. The third kappa shape index (κ3) is 1.93. The highest BCUT2D eigenvalue weighted by atomic mass is 35.5. The summed E-state index contributed by atoms with van der Waals surface area (Å²) in [4.78, 5) is 10.3. The van der Waals surface area contributed by atoms with Crippen molar-refractivity contribution in [3.05, 3.63) is 28.0 Å². The molecule has 1 aromatic heterocycles. The van der Waals surface area contributed by atoms with E-state index in [1.54, 1.807) is 0 Å². The lowest BCUT2D eigenvalue weighted by molar-refractivity contribution is 1.06. The average Bonchev–Trinajstić information content (AvgIpc) is 2.18. The Morgan fingerprint density at radius 1 is 1.12 bits per heavy atom. The number of halogens is 2. The molecule has 0 N–H and O–H groups in total. The highest BCUT2D eigenvalue weighted by Gasteiger charge is 2.11. The van der Waals surface area contributed by atoms with Gasteiger partial charge >= 0.3 is 0 Å². The van der Waals surface area contributed by atoms with Crippen LogP contribution in [0.3, 0.4) is 0 Å². The quantitative estimate of drug-likeness (QED) is 0.733. The van der Waals surface area contributed by atoms with E-state index in [2.05, 4.69) is 9.97 Å². The fourth-order valence-electron chi connectivity index (χ4n) is 1.62. The summed E-state index contributed by atoms with van der Waals surface area (Å²) in [5.74, 6) is 0.778. The second-order valence-corrected chi connectivity index (χ2v) is 4.60. The van der Waals surface area contributed by atoms with Crippen LogP contribution in [-0.4, -0.2) is 24.1 Å². The summed E-state index contributed by atoms with van der Waals surface area (Å²) in [7, 11) is 3.82. The molecule has 0 radical (unpaired) electrons. The van der Waals surface area contributed by atoms with Crippen LogP contribution < -0.4 is 4.90 Å². The molecule has 2 rings (SSSR count). The van der Waals surface area contributed by atoms with E-state index in [-0.39, 0.29) is 5.28 Å². The standard InChI is InChI=1S/C11H11Cl2N3/c1-6-4-7-9(8(12)5-6)14-11(13)15-10(7)16(2)3/h4-5H,1-3H3. The molecule has 0 unspecified atom stereocenters. The van der Waals surface area contributed by atoms with Gasteiger partial charge in [-0.1, -0.05) is 11.6 Å². The van der Waals surface area contributed by atoms with Crippen LogP contribution in [0, 0.1) is 6.92 Å². The monoisotopic (exact) mass is 255 g/mol. The van der Waals surface area contributed by atoms with Gasteiger partial charge in [0.05, 0.1) is 10.5 Å². The zero-order valence-corrected chi connectivity index (χ0v) is 10.8. The molecule has 84 valence electrons. The Bertz CT molecular complexity index is 552. The lowest BCUT2D eigenvalue weighted by atomic mass is 10.1. The van der Waals surface area contributed by atoms with Crippen LogP contribution in [-0.2, 0) is 0 Å². The van der Waals surface area contributed by atoms with Gasteiger partial charge in [-0.05, 0) is 36.2 Å². The van der Waals surface area contributed by atoms with Gasteiger partial charge in [-0.15, -0.1) is 0 Å². The topological polar surface area (TPSA) is 29.0 Å². The van der Waals surface area contributed by atoms with Crippen LogP contribution in [0.5, 0.6) is 0 Å². The van der Waals surface area contributed by atoms with Crippen molar-refractivity contribution in [3.63, 3.8) is 0 Å². The zero-order valence-electron chi connectivity index (χ0n) is 9.25. The largest absolute Gasteiger partial charge is 0.362 e. The van der Waals surface area contributed by atoms with Gasteiger partial charge in [0.1, 0.15) is 5.82 Å². The maximum absolute atomic E-state index is 6.14. The molecule has 16 heavy (non-hydrogen) atoms. The number of nitrogens with zero attached hydrogens (tertiary/aromatic N) is 3. The molecule has 2 aromatic rings. The Balaban J connectivity index is 2.89. The molecule has 0 aliphatic rings. The van der Waals surface area contributed by atoms with E-state index in [9.17, 15) is 0 Å². The number of rotatable bonds is 1. The molecular weight excluding hydrogens is 245 g/mol. The summed E-state index contributed by atoms with van der Waals surface area (Å²) in [6.45, 7) is 1.99. The third-order valence-electron chi connectivity index (χ3n) is 2.27.